The van der Waals surface area contributed by atoms with Crippen molar-refractivity contribution in [3.63, 3.8) is 0 Å². The maximum atomic E-state index is 9.90. The summed E-state index contributed by atoms with van der Waals surface area (Å²) >= 11 is 0. The van der Waals surface area contributed by atoms with E-state index in [0.717, 1.165) is 0 Å². The highest BCUT2D eigenvalue weighted by Gasteiger charge is 2.29. The lowest BCUT2D eigenvalue weighted by atomic mass is 10.0. The van der Waals surface area contributed by atoms with E-state index in [-0.39, 0.29) is 39.3 Å². The van der Waals surface area contributed by atoms with E-state index in [1.165, 1.54) is 0 Å². The third-order valence-corrected chi connectivity index (χ3v) is 2.26. The van der Waals surface area contributed by atoms with E-state index < -0.39 is 43.2 Å². The van der Waals surface area contributed by atoms with Crippen molar-refractivity contribution in [2.24, 2.45) is 0 Å². The Balaban J connectivity index is -0.000000149. The van der Waals surface area contributed by atoms with E-state index >= 15 is 0 Å². The van der Waals surface area contributed by atoms with E-state index in [9.17, 15) is 4.79 Å². The number of hydrogen-bond acceptors (Lipinski definition) is 13. The number of aldehydes is 1. The predicted molar refractivity (Wildman–Crippen MR) is 90.3 cm³/mol. The predicted octanol–water partition coefficient (Wildman–Crippen LogP) is -6.72. The molecule has 0 rings (SSSR count). The molecule has 12 N–H and O–H groups in total. The molecule has 0 fully saturated rings. The van der Waals surface area contributed by atoms with Crippen LogP contribution in [0.1, 0.15) is 6.92 Å². The standard InChI is InChI=1S/C6H12O6.2C3H8O3.C2H6O/c7-1-3(9)5(11)6(12)4(10)2-8;2*4-1-3(6)2-5;1-2-3/h1,3-6,8-12H,2H2;2*3-6H,1-2H2;3H,2H2,1H3/t3-,4+,5+,6+;;;/m0.../s1. The Hall–Kier alpha value is -0.810. The van der Waals surface area contributed by atoms with E-state index in [1.54, 1.807) is 6.92 Å². The molecule has 13 heteroatoms. The molecule has 0 unspecified atom stereocenters. The lowest BCUT2D eigenvalue weighted by Crippen LogP contribution is -2.46. The Morgan fingerprint density at radius 1 is 0.630 bits per heavy atom. The first-order chi connectivity index (χ1) is 12.6. The van der Waals surface area contributed by atoms with Crippen LogP contribution in [0.4, 0.5) is 0 Å². The fourth-order valence-electron chi connectivity index (χ4n) is 0.734. The molecule has 0 aliphatic rings. The van der Waals surface area contributed by atoms with Gasteiger partial charge in [-0.3, -0.25) is 0 Å². The average Bonchev–Trinajstić information content (AvgIpc) is 2.71. The third-order valence-electron chi connectivity index (χ3n) is 2.26. The summed E-state index contributed by atoms with van der Waals surface area (Å²) in [7, 11) is 0. The van der Waals surface area contributed by atoms with Gasteiger partial charge in [-0.05, 0) is 6.92 Å². The number of aliphatic hydroxyl groups excluding tert-OH is 12. The topological polar surface area (TPSA) is 260 Å². The van der Waals surface area contributed by atoms with Gasteiger partial charge in [0.1, 0.15) is 36.6 Å². The van der Waals surface area contributed by atoms with Gasteiger partial charge in [0.05, 0.1) is 33.0 Å². The van der Waals surface area contributed by atoms with Crippen molar-refractivity contribution < 1.29 is 66.1 Å². The number of rotatable bonds is 9. The van der Waals surface area contributed by atoms with Gasteiger partial charge in [0.25, 0.3) is 0 Å². The molecule has 0 heterocycles. The largest absolute Gasteiger partial charge is 0.397 e. The Morgan fingerprint density at radius 3 is 1.07 bits per heavy atom. The second kappa shape index (κ2) is 25.2. The molecule has 0 saturated heterocycles. The van der Waals surface area contributed by atoms with Gasteiger partial charge in [0, 0.05) is 6.61 Å². The van der Waals surface area contributed by atoms with Crippen LogP contribution in [-0.4, -0.2) is 144 Å². The summed E-state index contributed by atoms with van der Waals surface area (Å²) in [4.78, 5) is 9.90. The molecule has 168 valence electrons. The summed E-state index contributed by atoms with van der Waals surface area (Å²) < 4.78 is 0. The fraction of sp³-hybridized carbons (Fsp3) is 0.929. The van der Waals surface area contributed by atoms with Crippen LogP contribution in [0.25, 0.3) is 0 Å². The molecular formula is C14H34O13. The maximum absolute atomic E-state index is 9.90. The van der Waals surface area contributed by atoms with Gasteiger partial charge >= 0.3 is 0 Å². The molecule has 0 saturated carbocycles. The number of carbonyl (C=O) groups is 1. The monoisotopic (exact) mass is 410 g/mol. The molecule has 0 aliphatic carbocycles. The van der Waals surface area contributed by atoms with Crippen LogP contribution in [0.2, 0.25) is 0 Å². The van der Waals surface area contributed by atoms with Crippen molar-refractivity contribution in [1.82, 2.24) is 0 Å². The van der Waals surface area contributed by atoms with Gasteiger partial charge in [0.15, 0.2) is 6.29 Å². The maximum Gasteiger partial charge on any atom is 0.151 e. The summed E-state index contributed by atoms with van der Waals surface area (Å²) in [5, 5.41) is 99.1. The van der Waals surface area contributed by atoms with Crippen molar-refractivity contribution >= 4 is 6.29 Å². The summed E-state index contributed by atoms with van der Waals surface area (Å²) in [6, 6.07) is 0. The minimum absolute atomic E-state index is 0.0258. The summed E-state index contributed by atoms with van der Waals surface area (Å²) in [5.41, 5.74) is 0. The molecule has 4 atom stereocenters. The zero-order valence-corrected chi connectivity index (χ0v) is 15.1. The Kier molecular flexibility index (Phi) is 31.5. The zero-order chi connectivity index (χ0) is 22.4. The van der Waals surface area contributed by atoms with Crippen LogP contribution >= 0.6 is 0 Å². The van der Waals surface area contributed by atoms with Crippen LogP contribution in [0.3, 0.4) is 0 Å². The summed E-state index contributed by atoms with van der Waals surface area (Å²) in [6.07, 6.45) is -8.75. The first kappa shape index (κ1) is 33.8. The van der Waals surface area contributed by atoms with Gasteiger partial charge in [-0.15, -0.1) is 0 Å². The van der Waals surface area contributed by atoms with Crippen LogP contribution in [-0.2, 0) is 4.79 Å². The molecule has 27 heavy (non-hydrogen) atoms. The fourth-order valence-corrected chi connectivity index (χ4v) is 0.734. The Morgan fingerprint density at radius 2 is 0.926 bits per heavy atom. The van der Waals surface area contributed by atoms with E-state index in [4.69, 9.17) is 61.3 Å². The van der Waals surface area contributed by atoms with Gasteiger partial charge in [-0.25, -0.2) is 0 Å². The average molecular weight is 410 g/mol. The first-order valence-corrected chi connectivity index (χ1v) is 7.76. The van der Waals surface area contributed by atoms with Gasteiger partial charge in [0.2, 0.25) is 0 Å². The highest BCUT2D eigenvalue weighted by molar-refractivity contribution is 5.56. The minimum Gasteiger partial charge on any atom is -0.397 e. The second-order valence-corrected chi connectivity index (χ2v) is 4.71. The first-order valence-electron chi connectivity index (χ1n) is 7.76. The zero-order valence-electron chi connectivity index (χ0n) is 15.1. The highest BCUT2D eigenvalue weighted by atomic mass is 16.4. The van der Waals surface area contributed by atoms with E-state index in [1.807, 2.05) is 0 Å². The molecule has 0 radical (unpaired) electrons. The van der Waals surface area contributed by atoms with Crippen LogP contribution in [0.15, 0.2) is 0 Å². The van der Waals surface area contributed by atoms with Crippen LogP contribution in [0, 0.1) is 0 Å². The van der Waals surface area contributed by atoms with E-state index in [0.29, 0.717) is 0 Å². The second-order valence-electron chi connectivity index (χ2n) is 4.71. The van der Waals surface area contributed by atoms with Crippen molar-refractivity contribution in [1.29, 1.82) is 0 Å². The third kappa shape index (κ3) is 25.2. The molecule has 13 nitrogen and oxygen atoms in total. The molecule has 0 spiro atoms. The van der Waals surface area contributed by atoms with Crippen molar-refractivity contribution in [3.05, 3.63) is 0 Å². The molecule has 0 amide bonds. The Bertz CT molecular complexity index is 264. The quantitative estimate of drug-likeness (QED) is 0.158. The summed E-state index contributed by atoms with van der Waals surface area (Å²) in [6.45, 7) is -0.288. The van der Waals surface area contributed by atoms with Crippen LogP contribution in [0.5, 0.6) is 0 Å². The van der Waals surface area contributed by atoms with Gasteiger partial charge in [-0.1, -0.05) is 0 Å². The lowest BCUT2D eigenvalue weighted by molar-refractivity contribution is -0.136. The summed E-state index contributed by atoms with van der Waals surface area (Å²) in [5.74, 6) is 0. The smallest absolute Gasteiger partial charge is 0.151 e. The molecule has 0 aromatic carbocycles. The minimum atomic E-state index is -1.79. The van der Waals surface area contributed by atoms with E-state index in [2.05, 4.69) is 0 Å². The Labute approximate surface area is 156 Å². The molecule has 0 aliphatic heterocycles. The van der Waals surface area contributed by atoms with Crippen molar-refractivity contribution in [2.75, 3.05) is 39.6 Å². The molecule has 0 aromatic heterocycles. The van der Waals surface area contributed by atoms with Crippen LogP contribution < -0.4 is 0 Å². The highest BCUT2D eigenvalue weighted by Crippen LogP contribution is 2.02. The SMILES string of the molecule is CCO.O=C[C@H](O)[C@@H](O)[C@H](O)[C@H](O)CO.OCC(O)CO.OCC(O)CO. The normalized spacial score (nSPS) is 14.5. The van der Waals surface area contributed by atoms with Crippen molar-refractivity contribution in [3.8, 4) is 0 Å². The molecular weight excluding hydrogens is 376 g/mol. The molecule has 0 bridgehead atoms. The lowest BCUT2D eigenvalue weighted by Gasteiger charge is -2.22. The van der Waals surface area contributed by atoms with Gasteiger partial charge < -0.3 is 66.1 Å². The van der Waals surface area contributed by atoms with Crippen molar-refractivity contribution in [2.45, 2.75) is 43.5 Å². The number of aliphatic hydroxyl groups is 12. The number of carbonyl (C=O) groups excluding carboxylic acids is 1. The number of hydrogen-bond donors (Lipinski definition) is 12. The molecule has 0 aromatic rings. The van der Waals surface area contributed by atoms with Gasteiger partial charge in [-0.2, -0.15) is 0 Å².